The molecule has 0 saturated heterocycles. The fourth-order valence-electron chi connectivity index (χ4n) is 8.18. The van der Waals surface area contributed by atoms with Crippen LogP contribution in [-0.2, 0) is 5.54 Å². The number of rotatable bonds is 3. The summed E-state index contributed by atoms with van der Waals surface area (Å²) in [5.41, 5.74) is 2.58. The summed E-state index contributed by atoms with van der Waals surface area (Å²) < 4.78 is 3.56. The van der Waals surface area contributed by atoms with E-state index in [1.54, 1.807) is 10.7 Å². The number of aromatic nitrogens is 7. The number of hydrogen-bond acceptors (Lipinski definition) is 7. The van der Waals surface area contributed by atoms with Gasteiger partial charge in [-0.3, -0.25) is 4.57 Å². The van der Waals surface area contributed by atoms with Gasteiger partial charge in [-0.1, -0.05) is 0 Å². The average Bonchev–Trinajstić information content (AvgIpc) is 3.44. The van der Waals surface area contributed by atoms with Crippen molar-refractivity contribution >= 4 is 28.4 Å². The molecule has 4 aromatic rings. The Labute approximate surface area is 181 Å². The number of nitrogens with one attached hydrogen (secondary N) is 2. The minimum absolute atomic E-state index is 0.152. The number of pyridine rings is 1. The van der Waals surface area contributed by atoms with Gasteiger partial charge in [0.15, 0.2) is 11.3 Å². The number of aryl methyl sites for hydroxylation is 1. The normalized spacial score (nSPS) is 36.3. The summed E-state index contributed by atoms with van der Waals surface area (Å²) in [6.45, 7) is 1.99. The molecule has 4 saturated carbocycles. The molecule has 4 aromatic heterocycles. The molecule has 0 amide bonds. The molecule has 162 valence electrons. The highest BCUT2D eigenvalue weighted by Crippen LogP contribution is 2.86. The van der Waals surface area contributed by atoms with Gasteiger partial charge in [0.25, 0.3) is 0 Å². The van der Waals surface area contributed by atoms with Crippen LogP contribution in [0.1, 0.15) is 37.7 Å². The van der Waals surface area contributed by atoms with Gasteiger partial charge in [-0.25, -0.2) is 19.3 Å². The third kappa shape index (κ3) is 1.68. The molecule has 5 unspecified atom stereocenters. The lowest BCUT2D eigenvalue weighted by Crippen LogP contribution is -2.80. The Balaban J connectivity index is 1.26. The maximum absolute atomic E-state index is 13.2. The predicted molar refractivity (Wildman–Crippen MR) is 115 cm³/mol. The molecule has 5 atom stereocenters. The maximum Gasteiger partial charge on any atom is 0.328 e. The topological polar surface area (TPSA) is 126 Å². The van der Waals surface area contributed by atoms with Crippen LogP contribution in [0.5, 0.6) is 0 Å². The lowest BCUT2D eigenvalue weighted by Gasteiger charge is -2.75. The molecule has 0 aromatic carbocycles. The highest BCUT2D eigenvalue weighted by molar-refractivity contribution is 5.73. The Hall–Kier alpha value is -3.27. The van der Waals surface area contributed by atoms with E-state index >= 15 is 0 Å². The molecule has 1 spiro atoms. The van der Waals surface area contributed by atoms with Crippen molar-refractivity contribution in [2.45, 2.75) is 50.2 Å². The number of anilines is 2. The van der Waals surface area contributed by atoms with E-state index < -0.39 is 5.60 Å². The summed E-state index contributed by atoms with van der Waals surface area (Å²) in [5, 5.41) is 18.8. The third-order valence-electron chi connectivity index (χ3n) is 9.11. The van der Waals surface area contributed by atoms with Crippen molar-refractivity contribution in [3.05, 3.63) is 40.8 Å². The number of imidazole rings is 1. The minimum Gasteiger partial charge on any atom is -0.389 e. The summed E-state index contributed by atoms with van der Waals surface area (Å²) in [7, 11) is 0. The quantitative estimate of drug-likeness (QED) is 0.453. The van der Waals surface area contributed by atoms with Crippen molar-refractivity contribution in [3.63, 3.8) is 0 Å². The molecule has 10 nitrogen and oxygen atoms in total. The van der Waals surface area contributed by atoms with E-state index in [9.17, 15) is 9.90 Å². The fourth-order valence-corrected chi connectivity index (χ4v) is 8.18. The van der Waals surface area contributed by atoms with Gasteiger partial charge in [0.05, 0.1) is 29.2 Å². The molecule has 0 aliphatic heterocycles. The lowest BCUT2D eigenvalue weighted by atomic mass is 9.33. The zero-order chi connectivity index (χ0) is 21.5. The number of hydrogen-bond donors (Lipinski definition) is 3. The molecular weight excluding hydrogens is 408 g/mol. The van der Waals surface area contributed by atoms with Crippen LogP contribution < -0.4 is 11.0 Å². The number of fused-ring (bicyclic) bond motifs is 3. The van der Waals surface area contributed by atoms with Crippen molar-refractivity contribution in [1.29, 1.82) is 0 Å². The van der Waals surface area contributed by atoms with E-state index in [-0.39, 0.29) is 16.6 Å². The van der Waals surface area contributed by atoms with Crippen LogP contribution in [0.25, 0.3) is 16.8 Å². The minimum atomic E-state index is -0.611. The van der Waals surface area contributed by atoms with Crippen molar-refractivity contribution in [3.8, 4) is 0 Å². The second kappa shape index (κ2) is 5.03. The Morgan fingerprint density at radius 2 is 2.12 bits per heavy atom. The van der Waals surface area contributed by atoms with Crippen LogP contribution in [0.2, 0.25) is 0 Å². The smallest absolute Gasteiger partial charge is 0.328 e. The van der Waals surface area contributed by atoms with E-state index in [1.165, 1.54) is 6.33 Å². The zero-order valence-electron chi connectivity index (χ0n) is 17.5. The molecule has 4 aliphatic carbocycles. The summed E-state index contributed by atoms with van der Waals surface area (Å²) in [4.78, 5) is 29.6. The van der Waals surface area contributed by atoms with E-state index in [0.717, 1.165) is 49.0 Å². The first-order chi connectivity index (χ1) is 15.4. The number of aliphatic hydroxyl groups is 1. The molecule has 2 bridgehead atoms. The SMILES string of the molecule is Cc1cc2ncnn2cc1Nc1ncc2[nH]c(=O)n(C34CC5CC6(O)CC(C3)C64C5)c2n1. The molecule has 10 heteroatoms. The Morgan fingerprint density at radius 3 is 2.97 bits per heavy atom. The van der Waals surface area contributed by atoms with E-state index in [0.29, 0.717) is 28.9 Å². The van der Waals surface area contributed by atoms with E-state index in [2.05, 4.69) is 25.4 Å². The van der Waals surface area contributed by atoms with E-state index in [4.69, 9.17) is 4.98 Å². The van der Waals surface area contributed by atoms with Gasteiger partial charge >= 0.3 is 5.69 Å². The highest BCUT2D eigenvalue weighted by atomic mass is 16.3. The molecule has 3 N–H and O–H groups in total. The summed E-state index contributed by atoms with van der Waals surface area (Å²) in [6, 6.07) is 1.94. The maximum atomic E-state index is 13.2. The first-order valence-electron chi connectivity index (χ1n) is 11.2. The molecule has 4 aliphatic rings. The first-order valence-corrected chi connectivity index (χ1v) is 11.2. The molecule has 4 fully saturated rings. The number of aromatic amines is 1. The van der Waals surface area contributed by atoms with Crippen LogP contribution >= 0.6 is 0 Å². The molecular formula is C22H22N8O2. The zero-order valence-corrected chi connectivity index (χ0v) is 17.5. The molecule has 4 heterocycles. The van der Waals surface area contributed by atoms with Crippen molar-refractivity contribution in [1.82, 2.24) is 34.1 Å². The fraction of sp³-hybridized carbons (Fsp3) is 0.500. The Kier molecular flexibility index (Phi) is 2.72. The largest absolute Gasteiger partial charge is 0.389 e. The van der Waals surface area contributed by atoms with Crippen LogP contribution in [0, 0.1) is 24.2 Å². The van der Waals surface area contributed by atoms with Gasteiger partial charge in [0.2, 0.25) is 5.95 Å². The standard InChI is InChI=1S/C22H22N8O2/c1-11-2-16-24-10-25-29(16)9-15(11)26-18-23-8-14-17(28-18)30(19(31)27-14)20-3-12-4-21(32)7-13(6-20)22(20,21)5-12/h2,8-10,12-13,32H,3-7H2,1H3,(H,27,31)(H,23,26,28). The average molecular weight is 430 g/mol. The van der Waals surface area contributed by atoms with Crippen LogP contribution in [0.15, 0.2) is 29.6 Å². The van der Waals surface area contributed by atoms with Gasteiger partial charge in [-0.2, -0.15) is 10.1 Å². The summed E-state index contributed by atoms with van der Waals surface area (Å²) >= 11 is 0. The second-order valence-electron chi connectivity index (χ2n) is 10.4. The highest BCUT2D eigenvalue weighted by Gasteiger charge is 2.87. The molecule has 32 heavy (non-hydrogen) atoms. The van der Waals surface area contributed by atoms with Gasteiger partial charge in [-0.05, 0) is 62.5 Å². The van der Waals surface area contributed by atoms with E-state index in [1.807, 2.05) is 23.8 Å². The summed E-state index contributed by atoms with van der Waals surface area (Å²) in [5.74, 6) is 1.43. The first kappa shape index (κ1) is 17.3. The van der Waals surface area contributed by atoms with Crippen LogP contribution in [-0.4, -0.2) is 44.8 Å². The lowest BCUT2D eigenvalue weighted by molar-refractivity contribution is -0.319. The molecule has 0 radical (unpaired) electrons. The monoisotopic (exact) mass is 430 g/mol. The molecule has 8 rings (SSSR count). The van der Waals surface area contributed by atoms with Crippen LogP contribution in [0.3, 0.4) is 0 Å². The van der Waals surface area contributed by atoms with Crippen molar-refractivity contribution < 1.29 is 5.11 Å². The van der Waals surface area contributed by atoms with Gasteiger partial charge in [0.1, 0.15) is 11.8 Å². The van der Waals surface area contributed by atoms with Crippen molar-refractivity contribution in [2.24, 2.45) is 17.3 Å². The van der Waals surface area contributed by atoms with Gasteiger partial charge < -0.3 is 15.4 Å². The van der Waals surface area contributed by atoms with Crippen molar-refractivity contribution in [2.75, 3.05) is 5.32 Å². The Morgan fingerprint density at radius 1 is 1.22 bits per heavy atom. The number of H-pyrrole nitrogens is 1. The predicted octanol–water partition coefficient (Wildman–Crippen LogP) is 1.86. The third-order valence-corrected chi connectivity index (χ3v) is 9.11. The van der Waals surface area contributed by atoms with Gasteiger partial charge in [0, 0.05) is 5.41 Å². The number of nitrogens with zero attached hydrogens (tertiary/aromatic N) is 6. The summed E-state index contributed by atoms with van der Waals surface area (Å²) in [6.07, 6.45) is 9.73. The van der Waals surface area contributed by atoms with Crippen LogP contribution in [0.4, 0.5) is 11.6 Å². The second-order valence-corrected chi connectivity index (χ2v) is 10.4. The Bertz CT molecular complexity index is 1540. The van der Waals surface area contributed by atoms with Gasteiger partial charge in [-0.15, -0.1) is 0 Å².